The standard InChI is InChI=1S/C21H25NO3S/c1-21(2)18-14-16(8-11-19(18)22-20(21)23)25-12-4-5-13-26-17-9-6-15(24-3)7-10-17/h6-11,14H,4-5,12-13H2,1-3H3,(H,22,23). The number of methoxy groups -OCH3 is 1. The quantitative estimate of drug-likeness (QED) is 0.531. The average Bonchev–Trinajstić information content (AvgIpc) is 2.87. The summed E-state index contributed by atoms with van der Waals surface area (Å²) in [6.07, 6.45) is 2.09. The Labute approximate surface area is 159 Å². The maximum Gasteiger partial charge on any atom is 0.234 e. The molecule has 1 amide bonds. The second-order valence-corrected chi connectivity index (χ2v) is 8.03. The van der Waals surface area contributed by atoms with E-state index in [2.05, 4.69) is 17.4 Å². The number of rotatable bonds is 8. The van der Waals surface area contributed by atoms with Gasteiger partial charge in [0.2, 0.25) is 5.91 Å². The molecule has 0 saturated heterocycles. The first-order valence-corrected chi connectivity index (χ1v) is 9.85. The first-order chi connectivity index (χ1) is 12.5. The summed E-state index contributed by atoms with van der Waals surface area (Å²) < 4.78 is 11.0. The van der Waals surface area contributed by atoms with E-state index >= 15 is 0 Å². The van der Waals surface area contributed by atoms with Gasteiger partial charge in [0.25, 0.3) is 0 Å². The van der Waals surface area contributed by atoms with Crippen LogP contribution < -0.4 is 14.8 Å². The molecule has 138 valence electrons. The summed E-state index contributed by atoms with van der Waals surface area (Å²) in [5.41, 5.74) is 1.40. The number of anilines is 1. The van der Waals surface area contributed by atoms with Crippen LogP contribution in [-0.4, -0.2) is 25.4 Å². The molecule has 0 radical (unpaired) electrons. The van der Waals surface area contributed by atoms with Crippen LogP contribution in [0.15, 0.2) is 47.4 Å². The monoisotopic (exact) mass is 371 g/mol. The lowest BCUT2D eigenvalue weighted by Crippen LogP contribution is -2.26. The minimum Gasteiger partial charge on any atom is -0.497 e. The van der Waals surface area contributed by atoms with Crippen LogP contribution in [-0.2, 0) is 10.2 Å². The Morgan fingerprint density at radius 1 is 1.04 bits per heavy atom. The average molecular weight is 372 g/mol. The third-order valence-electron chi connectivity index (χ3n) is 4.62. The van der Waals surface area contributed by atoms with Crippen molar-refractivity contribution < 1.29 is 14.3 Å². The molecule has 1 heterocycles. The van der Waals surface area contributed by atoms with Gasteiger partial charge in [-0.1, -0.05) is 0 Å². The first-order valence-electron chi connectivity index (χ1n) is 8.86. The minimum absolute atomic E-state index is 0.0419. The molecule has 26 heavy (non-hydrogen) atoms. The van der Waals surface area contributed by atoms with Crippen molar-refractivity contribution in [3.8, 4) is 11.5 Å². The maximum absolute atomic E-state index is 12.0. The number of ether oxygens (including phenoxy) is 2. The smallest absolute Gasteiger partial charge is 0.234 e. The number of nitrogens with one attached hydrogen (secondary N) is 1. The van der Waals surface area contributed by atoms with Crippen molar-refractivity contribution in [3.05, 3.63) is 48.0 Å². The zero-order chi connectivity index (χ0) is 18.6. The summed E-state index contributed by atoms with van der Waals surface area (Å²) >= 11 is 1.85. The van der Waals surface area contributed by atoms with Crippen LogP contribution >= 0.6 is 11.8 Å². The van der Waals surface area contributed by atoms with Gasteiger partial charge in [-0.05, 0) is 80.5 Å². The fraction of sp³-hybridized carbons (Fsp3) is 0.381. The Balaban J connectivity index is 1.40. The molecule has 0 aromatic heterocycles. The van der Waals surface area contributed by atoms with Crippen LogP contribution in [0.4, 0.5) is 5.69 Å². The zero-order valence-corrected chi connectivity index (χ0v) is 16.3. The number of hydrogen-bond acceptors (Lipinski definition) is 4. The molecule has 5 heteroatoms. The molecule has 1 aliphatic heterocycles. The highest BCUT2D eigenvalue weighted by Gasteiger charge is 2.38. The van der Waals surface area contributed by atoms with Gasteiger partial charge in [-0.3, -0.25) is 4.79 Å². The van der Waals surface area contributed by atoms with Crippen molar-refractivity contribution in [1.29, 1.82) is 0 Å². The van der Waals surface area contributed by atoms with Gasteiger partial charge in [-0.15, -0.1) is 11.8 Å². The Hall–Kier alpha value is -2.14. The Morgan fingerprint density at radius 3 is 2.50 bits per heavy atom. The van der Waals surface area contributed by atoms with Crippen molar-refractivity contribution >= 4 is 23.4 Å². The van der Waals surface area contributed by atoms with Crippen LogP contribution in [0.3, 0.4) is 0 Å². The van der Waals surface area contributed by atoms with Crippen molar-refractivity contribution in [2.45, 2.75) is 37.0 Å². The number of unbranched alkanes of at least 4 members (excludes halogenated alkanes) is 1. The molecule has 2 aromatic carbocycles. The Kier molecular flexibility index (Phi) is 5.77. The van der Waals surface area contributed by atoms with Gasteiger partial charge in [-0.25, -0.2) is 0 Å². The Bertz CT molecular complexity index is 771. The number of amides is 1. The van der Waals surface area contributed by atoms with Crippen LogP contribution in [0.2, 0.25) is 0 Å². The predicted molar refractivity (Wildman–Crippen MR) is 107 cm³/mol. The van der Waals surface area contributed by atoms with E-state index in [1.807, 2.05) is 55.9 Å². The highest BCUT2D eigenvalue weighted by molar-refractivity contribution is 7.99. The van der Waals surface area contributed by atoms with Crippen LogP contribution in [0.5, 0.6) is 11.5 Å². The topological polar surface area (TPSA) is 47.6 Å². The molecule has 0 fully saturated rings. The van der Waals surface area contributed by atoms with Crippen LogP contribution in [0, 0.1) is 0 Å². The molecule has 2 aromatic rings. The van der Waals surface area contributed by atoms with E-state index in [1.165, 1.54) is 4.90 Å². The largest absolute Gasteiger partial charge is 0.497 e. The number of benzene rings is 2. The van der Waals surface area contributed by atoms with Crippen LogP contribution in [0.25, 0.3) is 0 Å². The first kappa shape index (κ1) is 18.6. The van der Waals surface area contributed by atoms with Crippen molar-refractivity contribution in [2.75, 3.05) is 24.8 Å². The zero-order valence-electron chi connectivity index (χ0n) is 15.5. The molecule has 0 unspecified atom stereocenters. The molecule has 1 N–H and O–H groups in total. The van der Waals surface area contributed by atoms with E-state index in [4.69, 9.17) is 9.47 Å². The van der Waals surface area contributed by atoms with Gasteiger partial charge in [-0.2, -0.15) is 0 Å². The van der Waals surface area contributed by atoms with E-state index in [0.717, 1.165) is 41.3 Å². The fourth-order valence-corrected chi connectivity index (χ4v) is 3.81. The predicted octanol–water partition coefficient (Wildman–Crippen LogP) is 4.88. The van der Waals surface area contributed by atoms with Gasteiger partial charge in [0, 0.05) is 10.6 Å². The summed E-state index contributed by atoms with van der Waals surface area (Å²) in [7, 11) is 1.68. The molecule has 0 saturated carbocycles. The second-order valence-electron chi connectivity index (χ2n) is 6.87. The van der Waals surface area contributed by atoms with E-state index < -0.39 is 5.41 Å². The molecule has 0 bridgehead atoms. The number of thioether (sulfide) groups is 1. The Morgan fingerprint density at radius 2 is 1.77 bits per heavy atom. The second kappa shape index (κ2) is 8.04. The molecular weight excluding hydrogens is 346 g/mol. The third kappa shape index (κ3) is 4.15. The number of carbonyl (C=O) groups excluding carboxylic acids is 1. The summed E-state index contributed by atoms with van der Waals surface area (Å²) in [6.45, 7) is 4.56. The molecule has 0 atom stereocenters. The van der Waals surface area contributed by atoms with Crippen LogP contribution in [0.1, 0.15) is 32.3 Å². The van der Waals surface area contributed by atoms with Crippen molar-refractivity contribution in [3.63, 3.8) is 0 Å². The lowest BCUT2D eigenvalue weighted by molar-refractivity contribution is -0.119. The van der Waals surface area contributed by atoms with Gasteiger partial charge in [0.05, 0.1) is 19.1 Å². The van der Waals surface area contributed by atoms with E-state index in [0.29, 0.717) is 6.61 Å². The molecule has 3 rings (SSSR count). The van der Waals surface area contributed by atoms with Crippen molar-refractivity contribution in [1.82, 2.24) is 0 Å². The normalized spacial score (nSPS) is 14.7. The van der Waals surface area contributed by atoms with Crippen molar-refractivity contribution in [2.24, 2.45) is 0 Å². The van der Waals surface area contributed by atoms with Gasteiger partial charge in [0.15, 0.2) is 0 Å². The summed E-state index contributed by atoms with van der Waals surface area (Å²) in [5.74, 6) is 2.82. The lowest BCUT2D eigenvalue weighted by Gasteiger charge is -2.16. The molecular formula is C21H25NO3S. The number of carbonyl (C=O) groups is 1. The van der Waals surface area contributed by atoms with E-state index in [9.17, 15) is 4.79 Å². The van der Waals surface area contributed by atoms with E-state index in [-0.39, 0.29) is 5.91 Å². The summed E-state index contributed by atoms with van der Waals surface area (Å²) in [4.78, 5) is 13.2. The fourth-order valence-electron chi connectivity index (χ4n) is 2.90. The van der Waals surface area contributed by atoms with Gasteiger partial charge in [0.1, 0.15) is 11.5 Å². The van der Waals surface area contributed by atoms with E-state index in [1.54, 1.807) is 7.11 Å². The molecule has 0 aliphatic carbocycles. The highest BCUT2D eigenvalue weighted by Crippen LogP contribution is 2.39. The number of hydrogen-bond donors (Lipinski definition) is 1. The summed E-state index contributed by atoms with van der Waals surface area (Å²) in [5, 5.41) is 2.92. The third-order valence-corrected chi connectivity index (χ3v) is 5.71. The molecule has 1 aliphatic rings. The maximum atomic E-state index is 12.0. The van der Waals surface area contributed by atoms with Gasteiger partial charge >= 0.3 is 0 Å². The molecule has 4 nitrogen and oxygen atoms in total. The summed E-state index contributed by atoms with van der Waals surface area (Å²) in [6, 6.07) is 14.0. The van der Waals surface area contributed by atoms with Gasteiger partial charge < -0.3 is 14.8 Å². The lowest BCUT2D eigenvalue weighted by atomic mass is 9.86. The SMILES string of the molecule is COc1ccc(SCCCCOc2ccc3c(c2)C(C)(C)C(=O)N3)cc1. The molecule has 0 spiro atoms. The number of fused-ring (bicyclic) bond motifs is 1. The highest BCUT2D eigenvalue weighted by atomic mass is 32.2. The minimum atomic E-state index is -0.496.